The lowest BCUT2D eigenvalue weighted by Gasteiger charge is -2.22. The second kappa shape index (κ2) is 15.3. The molecule has 0 unspecified atom stereocenters. The van der Waals surface area contributed by atoms with Crippen molar-refractivity contribution in [1.29, 1.82) is 0 Å². The summed E-state index contributed by atoms with van der Waals surface area (Å²) < 4.78 is 5.86. The molecule has 0 spiro atoms. The van der Waals surface area contributed by atoms with Crippen LogP contribution < -0.4 is 15.8 Å². The molecule has 1 aliphatic heterocycles. The summed E-state index contributed by atoms with van der Waals surface area (Å²) in [6.07, 6.45) is 9.38. The minimum atomic E-state index is -0.731. The SMILES string of the molecule is CN(CCOCCCCCCNC[C@H](O)c1ccc(O)c2[nH]c(=O)ccc12)Cc1cccc(N2C=CC=NC2)c1. The predicted octanol–water partition coefficient (Wildman–Crippen LogP) is 3.93. The van der Waals surface area contributed by atoms with Gasteiger partial charge in [0.2, 0.25) is 5.56 Å². The summed E-state index contributed by atoms with van der Waals surface area (Å²) in [5.41, 5.74) is 3.18. The molecule has 0 radical (unpaired) electrons. The van der Waals surface area contributed by atoms with Gasteiger partial charge in [0.25, 0.3) is 0 Å². The Balaban J connectivity index is 1.03. The molecule has 2 aromatic carbocycles. The highest BCUT2D eigenvalue weighted by molar-refractivity contribution is 5.87. The Labute approximate surface area is 235 Å². The molecule has 1 aliphatic rings. The normalized spacial score (nSPS) is 13.9. The molecule has 4 N–H and O–H groups in total. The number of allylic oxidation sites excluding steroid dienone is 1. The van der Waals surface area contributed by atoms with E-state index < -0.39 is 6.10 Å². The number of ether oxygens (including phenoxy) is 1. The number of unbranched alkanes of at least 4 members (excludes halogenated alkanes) is 3. The van der Waals surface area contributed by atoms with Gasteiger partial charge in [0.05, 0.1) is 18.2 Å². The van der Waals surface area contributed by atoms with Crippen LogP contribution in [-0.2, 0) is 11.3 Å². The number of nitrogens with zero attached hydrogens (tertiary/aromatic N) is 3. The number of pyridine rings is 1. The predicted molar refractivity (Wildman–Crippen MR) is 161 cm³/mol. The molecule has 0 fully saturated rings. The van der Waals surface area contributed by atoms with Gasteiger partial charge in [-0.25, -0.2) is 0 Å². The van der Waals surface area contributed by atoms with E-state index in [0.717, 1.165) is 64.2 Å². The van der Waals surface area contributed by atoms with Crippen LogP contribution in [0.1, 0.15) is 42.9 Å². The maximum atomic E-state index is 11.6. The highest BCUT2D eigenvalue weighted by Gasteiger charge is 2.13. The number of aromatic amines is 1. The first-order valence-electron chi connectivity index (χ1n) is 14.0. The van der Waals surface area contributed by atoms with Crippen molar-refractivity contribution >= 4 is 22.8 Å². The summed E-state index contributed by atoms with van der Waals surface area (Å²) in [5.74, 6) is -0.00387. The zero-order chi connectivity index (χ0) is 28.2. The fraction of sp³-hybridized carbons (Fsp3) is 0.419. The molecule has 9 heteroatoms. The summed E-state index contributed by atoms with van der Waals surface area (Å²) in [7, 11) is 2.12. The molecule has 0 saturated heterocycles. The van der Waals surface area contributed by atoms with E-state index in [1.807, 2.05) is 12.3 Å². The topological polar surface area (TPSA) is 113 Å². The first-order valence-corrected chi connectivity index (χ1v) is 14.0. The number of aromatic nitrogens is 1. The minimum Gasteiger partial charge on any atom is -0.506 e. The molecule has 0 bridgehead atoms. The van der Waals surface area contributed by atoms with Crippen molar-refractivity contribution in [3.05, 3.63) is 82.3 Å². The fourth-order valence-electron chi connectivity index (χ4n) is 4.81. The molecule has 0 aliphatic carbocycles. The van der Waals surface area contributed by atoms with E-state index in [0.29, 0.717) is 29.7 Å². The number of benzene rings is 2. The Morgan fingerprint density at radius 3 is 2.85 bits per heavy atom. The van der Waals surface area contributed by atoms with Gasteiger partial charge in [-0.05, 0) is 67.9 Å². The number of likely N-dealkylation sites (N-methyl/N-ethyl adjacent to an activating group) is 1. The Bertz CT molecular complexity index is 1340. The summed E-state index contributed by atoms with van der Waals surface area (Å²) in [4.78, 5) is 22.9. The summed E-state index contributed by atoms with van der Waals surface area (Å²) >= 11 is 0. The molecule has 1 atom stereocenters. The number of rotatable bonds is 16. The number of H-pyrrole nitrogens is 1. The fourth-order valence-corrected chi connectivity index (χ4v) is 4.81. The van der Waals surface area contributed by atoms with E-state index in [2.05, 4.69) is 62.6 Å². The maximum absolute atomic E-state index is 11.6. The van der Waals surface area contributed by atoms with Gasteiger partial charge in [0.15, 0.2) is 0 Å². The third kappa shape index (κ3) is 8.76. The lowest BCUT2D eigenvalue weighted by atomic mass is 10.0. The number of aromatic hydroxyl groups is 1. The molecule has 3 aromatic rings. The second-order valence-corrected chi connectivity index (χ2v) is 10.2. The lowest BCUT2D eigenvalue weighted by Crippen LogP contribution is -2.23. The van der Waals surface area contributed by atoms with Gasteiger partial charge in [0, 0.05) is 55.8 Å². The lowest BCUT2D eigenvalue weighted by molar-refractivity contribution is 0.106. The van der Waals surface area contributed by atoms with Crippen LogP contribution in [0.2, 0.25) is 0 Å². The van der Waals surface area contributed by atoms with Crippen LogP contribution in [-0.4, -0.2) is 72.9 Å². The van der Waals surface area contributed by atoms with E-state index in [4.69, 9.17) is 4.74 Å². The van der Waals surface area contributed by atoms with Crippen molar-refractivity contribution in [2.24, 2.45) is 4.99 Å². The number of aliphatic imine (C=N–C) groups is 1. The average molecular weight is 548 g/mol. The maximum Gasteiger partial charge on any atom is 0.248 e. The average Bonchev–Trinajstić information content (AvgIpc) is 2.97. The molecule has 214 valence electrons. The van der Waals surface area contributed by atoms with Crippen LogP contribution in [0, 0.1) is 0 Å². The molecule has 4 rings (SSSR count). The Kier molecular flexibility index (Phi) is 11.3. The number of hydrogen-bond acceptors (Lipinski definition) is 8. The molecule has 0 saturated carbocycles. The highest BCUT2D eigenvalue weighted by Crippen LogP contribution is 2.28. The molecular weight excluding hydrogens is 506 g/mol. The number of phenols is 1. The largest absolute Gasteiger partial charge is 0.506 e. The Morgan fingerprint density at radius 1 is 1.12 bits per heavy atom. The monoisotopic (exact) mass is 547 g/mol. The molecule has 40 heavy (non-hydrogen) atoms. The van der Waals surface area contributed by atoms with Crippen LogP contribution in [0.4, 0.5) is 5.69 Å². The number of phenolic OH excluding ortho intramolecular Hbond substituents is 1. The Hall–Kier alpha value is -3.50. The minimum absolute atomic E-state index is 0.00387. The van der Waals surface area contributed by atoms with Crippen molar-refractivity contribution in [3.63, 3.8) is 0 Å². The van der Waals surface area contributed by atoms with Gasteiger partial charge < -0.3 is 30.2 Å². The van der Waals surface area contributed by atoms with Crippen LogP contribution in [0.5, 0.6) is 5.75 Å². The number of nitrogens with one attached hydrogen (secondary N) is 2. The third-order valence-corrected chi connectivity index (χ3v) is 7.00. The highest BCUT2D eigenvalue weighted by atomic mass is 16.5. The number of anilines is 1. The van der Waals surface area contributed by atoms with Gasteiger partial charge in [-0.3, -0.25) is 14.7 Å². The number of hydrogen-bond donors (Lipinski definition) is 4. The molecule has 0 amide bonds. The van der Waals surface area contributed by atoms with E-state index in [1.54, 1.807) is 12.1 Å². The first kappa shape index (κ1) is 29.5. The first-order chi connectivity index (χ1) is 19.5. The second-order valence-electron chi connectivity index (χ2n) is 10.2. The van der Waals surface area contributed by atoms with Crippen LogP contribution in [0.3, 0.4) is 0 Å². The van der Waals surface area contributed by atoms with Crippen molar-refractivity contribution < 1.29 is 14.9 Å². The third-order valence-electron chi connectivity index (χ3n) is 7.00. The van der Waals surface area contributed by atoms with Gasteiger partial charge in [-0.15, -0.1) is 0 Å². The van der Waals surface area contributed by atoms with Crippen molar-refractivity contribution in [2.45, 2.75) is 38.3 Å². The van der Waals surface area contributed by atoms with Gasteiger partial charge in [-0.2, -0.15) is 0 Å². The summed E-state index contributed by atoms with van der Waals surface area (Å²) in [5, 5.41) is 24.6. The van der Waals surface area contributed by atoms with Gasteiger partial charge in [0.1, 0.15) is 12.4 Å². The Morgan fingerprint density at radius 2 is 2.00 bits per heavy atom. The number of aliphatic hydroxyl groups is 1. The molecule has 9 nitrogen and oxygen atoms in total. The number of aliphatic hydroxyl groups excluding tert-OH is 1. The summed E-state index contributed by atoms with van der Waals surface area (Å²) in [6, 6.07) is 14.8. The van der Waals surface area contributed by atoms with Gasteiger partial charge >= 0.3 is 0 Å². The molecule has 2 heterocycles. The van der Waals surface area contributed by atoms with E-state index >= 15 is 0 Å². The smallest absolute Gasteiger partial charge is 0.248 e. The summed E-state index contributed by atoms with van der Waals surface area (Å²) in [6.45, 7) is 5.14. The van der Waals surface area contributed by atoms with Crippen molar-refractivity contribution in [3.8, 4) is 5.75 Å². The number of fused-ring (bicyclic) bond motifs is 1. The molecule has 1 aromatic heterocycles. The van der Waals surface area contributed by atoms with Gasteiger partial charge in [-0.1, -0.05) is 31.0 Å². The quantitative estimate of drug-likeness (QED) is 0.201. The van der Waals surface area contributed by atoms with Crippen LogP contribution in [0.25, 0.3) is 10.9 Å². The van der Waals surface area contributed by atoms with E-state index in [-0.39, 0.29) is 11.3 Å². The van der Waals surface area contributed by atoms with E-state index in [9.17, 15) is 15.0 Å². The van der Waals surface area contributed by atoms with Crippen molar-refractivity contribution in [1.82, 2.24) is 15.2 Å². The van der Waals surface area contributed by atoms with E-state index in [1.165, 1.54) is 17.7 Å². The van der Waals surface area contributed by atoms with Crippen LogP contribution in [0.15, 0.2) is 70.6 Å². The zero-order valence-corrected chi connectivity index (χ0v) is 23.3. The standard InChI is InChI=1S/C31H41N5O4/c1-35(22-24-8-6-9-25(20-24)36-16-7-15-33-23-36)17-19-40-18-5-3-2-4-14-32-21-29(38)26-10-12-28(37)31-27(26)11-13-30(39)34-31/h6-13,15-16,20,29,32,37-38H,2-5,14,17-19,21-23H2,1H3,(H,34,39)/t29-/m0/s1. The van der Waals surface area contributed by atoms with Crippen LogP contribution >= 0.6 is 0 Å². The zero-order valence-electron chi connectivity index (χ0n) is 23.3. The van der Waals surface area contributed by atoms with Crippen molar-refractivity contribution in [2.75, 3.05) is 51.5 Å². The molecular formula is C31H41N5O4.